The Kier molecular flexibility index (Phi) is 4.53. The van der Waals surface area contributed by atoms with Crippen molar-refractivity contribution < 1.29 is 13.2 Å². The fourth-order valence-electron chi connectivity index (χ4n) is 1.72. The van der Waals surface area contributed by atoms with E-state index in [0.717, 1.165) is 12.8 Å². The zero-order valence-electron chi connectivity index (χ0n) is 9.85. The Morgan fingerprint density at radius 2 is 1.94 bits per heavy atom. The van der Waals surface area contributed by atoms with Crippen molar-refractivity contribution >= 4 is 15.7 Å². The third-order valence-electron chi connectivity index (χ3n) is 2.87. The van der Waals surface area contributed by atoms with E-state index in [1.165, 1.54) is 6.92 Å². The summed E-state index contributed by atoms with van der Waals surface area (Å²) in [4.78, 5) is 13.5. The van der Waals surface area contributed by atoms with Gasteiger partial charge >= 0.3 is 0 Å². The number of hydrogen-bond acceptors (Lipinski definition) is 3. The lowest BCUT2D eigenvalue weighted by atomic mass is 10.4. The third-order valence-corrected chi connectivity index (χ3v) is 4.80. The monoisotopic (exact) mass is 245 g/mol. The predicted molar refractivity (Wildman–Crippen MR) is 63.9 cm³/mol. The van der Waals surface area contributed by atoms with Gasteiger partial charge in [-0.05, 0) is 26.7 Å². The van der Waals surface area contributed by atoms with E-state index >= 15 is 0 Å². The molecule has 0 N–H and O–H groups in total. The molecule has 0 saturated carbocycles. The highest BCUT2D eigenvalue weighted by Gasteiger charge is 2.31. The summed E-state index contributed by atoms with van der Waals surface area (Å²) in [6, 6.07) is 0. The summed E-state index contributed by atoms with van der Waals surface area (Å²) in [6.07, 6.45) is 5.22. The van der Waals surface area contributed by atoms with Crippen molar-refractivity contribution in [2.45, 2.75) is 31.9 Å². The standard InChI is InChI=1S/C11H19NO3S/c1-3-4-9-16(14,15)10(2)11(13)12-7-5-6-8-12/h3-4,10H,5-9H2,1-2H3/b4-3+. The Bertz CT molecular complexity index is 367. The Morgan fingerprint density at radius 3 is 2.44 bits per heavy atom. The molecule has 0 aromatic carbocycles. The van der Waals surface area contributed by atoms with Crippen LogP contribution in [0.25, 0.3) is 0 Å². The quantitative estimate of drug-likeness (QED) is 0.694. The third kappa shape index (κ3) is 3.07. The van der Waals surface area contributed by atoms with Crippen LogP contribution in [0.15, 0.2) is 12.2 Å². The highest BCUT2D eigenvalue weighted by atomic mass is 32.2. The van der Waals surface area contributed by atoms with E-state index in [2.05, 4.69) is 0 Å². The molecule has 1 amide bonds. The summed E-state index contributed by atoms with van der Waals surface area (Å²) in [7, 11) is -3.34. The van der Waals surface area contributed by atoms with Gasteiger partial charge in [0, 0.05) is 13.1 Å². The molecule has 0 bridgehead atoms. The molecule has 0 aliphatic carbocycles. The van der Waals surface area contributed by atoms with Gasteiger partial charge in [0.15, 0.2) is 9.84 Å². The topological polar surface area (TPSA) is 54.5 Å². The van der Waals surface area contributed by atoms with Crippen LogP contribution in [0.5, 0.6) is 0 Å². The Hall–Kier alpha value is -0.840. The van der Waals surface area contributed by atoms with E-state index < -0.39 is 15.1 Å². The maximum absolute atomic E-state index is 11.9. The molecule has 0 aromatic rings. The molecule has 5 heteroatoms. The number of hydrogen-bond donors (Lipinski definition) is 0. The zero-order chi connectivity index (χ0) is 12.2. The second-order valence-corrected chi connectivity index (χ2v) is 6.44. The Labute approximate surface area is 97.2 Å². The first-order valence-electron chi connectivity index (χ1n) is 5.60. The fraction of sp³-hybridized carbons (Fsp3) is 0.727. The van der Waals surface area contributed by atoms with Crippen LogP contribution < -0.4 is 0 Å². The molecule has 0 aromatic heterocycles. The van der Waals surface area contributed by atoms with Gasteiger partial charge < -0.3 is 4.90 Å². The molecule has 1 fully saturated rings. The van der Waals surface area contributed by atoms with E-state index in [9.17, 15) is 13.2 Å². The average Bonchev–Trinajstić information content (AvgIpc) is 2.77. The molecule has 1 rings (SSSR count). The second-order valence-electron chi connectivity index (χ2n) is 4.07. The van der Waals surface area contributed by atoms with Gasteiger partial charge in [-0.25, -0.2) is 8.42 Å². The van der Waals surface area contributed by atoms with Gasteiger partial charge in [-0.15, -0.1) is 0 Å². The van der Waals surface area contributed by atoms with Gasteiger partial charge in [0.1, 0.15) is 5.25 Å². The van der Waals surface area contributed by atoms with Crippen molar-refractivity contribution in [3.05, 3.63) is 12.2 Å². The van der Waals surface area contributed by atoms with Crippen LogP contribution in [0.1, 0.15) is 26.7 Å². The van der Waals surface area contributed by atoms with Crippen LogP contribution in [0, 0.1) is 0 Å². The number of carbonyl (C=O) groups is 1. The molecule has 92 valence electrons. The number of carbonyl (C=O) groups excluding carboxylic acids is 1. The zero-order valence-corrected chi connectivity index (χ0v) is 10.7. The molecule has 1 atom stereocenters. The van der Waals surface area contributed by atoms with E-state index in [0.29, 0.717) is 13.1 Å². The van der Waals surface area contributed by atoms with Gasteiger partial charge in [0.25, 0.3) is 0 Å². The first-order chi connectivity index (χ1) is 7.49. The molecule has 16 heavy (non-hydrogen) atoms. The Balaban J connectivity index is 2.68. The van der Waals surface area contributed by atoms with E-state index in [1.54, 1.807) is 24.0 Å². The highest BCUT2D eigenvalue weighted by molar-refractivity contribution is 7.92. The fourth-order valence-corrected chi connectivity index (χ4v) is 2.93. The van der Waals surface area contributed by atoms with Crippen molar-refractivity contribution in [3.8, 4) is 0 Å². The minimum atomic E-state index is -3.34. The van der Waals surface area contributed by atoms with Gasteiger partial charge in [0.2, 0.25) is 5.91 Å². The second kappa shape index (κ2) is 5.48. The molecule has 1 unspecified atom stereocenters. The SMILES string of the molecule is C/C=C/CS(=O)(=O)C(C)C(=O)N1CCCC1. The molecular formula is C11H19NO3S. The number of nitrogens with zero attached hydrogens (tertiary/aromatic N) is 1. The molecule has 0 spiro atoms. The van der Waals surface area contributed by atoms with Gasteiger partial charge in [-0.3, -0.25) is 4.79 Å². The van der Waals surface area contributed by atoms with E-state index in [4.69, 9.17) is 0 Å². The van der Waals surface area contributed by atoms with Gasteiger partial charge in [-0.1, -0.05) is 12.2 Å². The van der Waals surface area contributed by atoms with Crippen molar-refractivity contribution in [1.29, 1.82) is 0 Å². The number of sulfone groups is 1. The summed E-state index contributed by atoms with van der Waals surface area (Å²) in [5.41, 5.74) is 0. The Morgan fingerprint density at radius 1 is 1.38 bits per heavy atom. The van der Waals surface area contributed by atoms with Crippen LogP contribution in [0.2, 0.25) is 0 Å². The summed E-state index contributed by atoms with van der Waals surface area (Å²) in [5.74, 6) is -0.299. The predicted octanol–water partition coefficient (Wildman–Crippen LogP) is 0.988. The normalized spacial score (nSPS) is 19.2. The smallest absolute Gasteiger partial charge is 0.240 e. The highest BCUT2D eigenvalue weighted by Crippen LogP contribution is 2.13. The van der Waals surface area contributed by atoms with Crippen LogP contribution in [-0.4, -0.2) is 43.3 Å². The minimum absolute atomic E-state index is 0.0513. The molecular weight excluding hydrogens is 226 g/mol. The lowest BCUT2D eigenvalue weighted by Gasteiger charge is -2.19. The number of likely N-dealkylation sites (tertiary alicyclic amines) is 1. The van der Waals surface area contributed by atoms with Crippen molar-refractivity contribution in [2.24, 2.45) is 0 Å². The summed E-state index contributed by atoms with van der Waals surface area (Å²) in [5, 5.41) is -0.915. The van der Waals surface area contributed by atoms with Gasteiger partial charge in [-0.2, -0.15) is 0 Å². The molecule has 1 aliphatic heterocycles. The molecule has 0 radical (unpaired) electrons. The summed E-state index contributed by atoms with van der Waals surface area (Å²) >= 11 is 0. The van der Waals surface area contributed by atoms with Crippen LogP contribution in [-0.2, 0) is 14.6 Å². The van der Waals surface area contributed by atoms with Crippen LogP contribution in [0.4, 0.5) is 0 Å². The minimum Gasteiger partial charge on any atom is -0.342 e. The lowest BCUT2D eigenvalue weighted by Crippen LogP contribution is -2.40. The molecule has 1 saturated heterocycles. The maximum atomic E-state index is 11.9. The first-order valence-corrected chi connectivity index (χ1v) is 7.32. The maximum Gasteiger partial charge on any atom is 0.240 e. The van der Waals surface area contributed by atoms with Crippen molar-refractivity contribution in [3.63, 3.8) is 0 Å². The van der Waals surface area contributed by atoms with Crippen LogP contribution >= 0.6 is 0 Å². The molecule has 4 nitrogen and oxygen atoms in total. The number of rotatable bonds is 4. The van der Waals surface area contributed by atoms with E-state index in [1.807, 2.05) is 0 Å². The number of amides is 1. The summed E-state index contributed by atoms with van der Waals surface area (Å²) < 4.78 is 23.6. The first kappa shape index (κ1) is 13.2. The van der Waals surface area contributed by atoms with E-state index in [-0.39, 0.29) is 11.7 Å². The number of allylic oxidation sites excluding steroid dienone is 1. The van der Waals surface area contributed by atoms with Crippen molar-refractivity contribution in [1.82, 2.24) is 4.90 Å². The lowest BCUT2D eigenvalue weighted by molar-refractivity contribution is -0.129. The summed E-state index contributed by atoms with van der Waals surface area (Å²) in [6.45, 7) is 4.65. The van der Waals surface area contributed by atoms with Crippen molar-refractivity contribution in [2.75, 3.05) is 18.8 Å². The van der Waals surface area contributed by atoms with Gasteiger partial charge in [0.05, 0.1) is 5.75 Å². The van der Waals surface area contributed by atoms with Crippen LogP contribution in [0.3, 0.4) is 0 Å². The average molecular weight is 245 g/mol. The molecule has 1 heterocycles. The molecule has 1 aliphatic rings. The largest absolute Gasteiger partial charge is 0.342 e.